The molecule has 7 heteroatoms. The fraction of sp³-hybridized carbons (Fsp3) is 0.333. The smallest absolute Gasteiger partial charge is 0.258 e. The summed E-state index contributed by atoms with van der Waals surface area (Å²) in [4.78, 5) is 9.71. The van der Waals surface area contributed by atoms with E-state index in [1.807, 2.05) is 0 Å². The van der Waals surface area contributed by atoms with Crippen LogP contribution in [-0.4, -0.2) is 4.92 Å². The number of nitrogens with zero attached hydrogens (tertiary/aromatic N) is 1. The Labute approximate surface area is 97.5 Å². The summed E-state index contributed by atoms with van der Waals surface area (Å²) in [5, 5.41) is 10.5. The Hall–Kier alpha value is -1.11. The van der Waals surface area contributed by atoms with Crippen molar-refractivity contribution in [3.05, 3.63) is 38.9 Å². The summed E-state index contributed by atoms with van der Waals surface area (Å²) in [7, 11) is 0. The molecule has 0 bridgehead atoms. The number of hydrogen-bond acceptors (Lipinski definition) is 2. The summed E-state index contributed by atoms with van der Waals surface area (Å²) in [6, 6.07) is 2.20. The molecule has 0 saturated heterocycles. The summed E-state index contributed by atoms with van der Waals surface area (Å²) in [6.07, 6.45) is -4.58. The molecule has 0 aromatic heterocycles. The lowest BCUT2D eigenvalue weighted by atomic mass is 10.0. The summed E-state index contributed by atoms with van der Waals surface area (Å²) in [5.74, 6) is 0. The quantitative estimate of drug-likeness (QED) is 0.473. The molecule has 0 aliphatic carbocycles. The Morgan fingerprint density at radius 3 is 2.38 bits per heavy atom. The Morgan fingerprint density at radius 1 is 1.44 bits per heavy atom. The van der Waals surface area contributed by atoms with Gasteiger partial charge in [-0.1, -0.05) is 22.0 Å². The van der Waals surface area contributed by atoms with Gasteiger partial charge in [0.05, 0.1) is 10.5 Å². The van der Waals surface area contributed by atoms with Crippen LogP contribution in [0.3, 0.4) is 0 Å². The molecule has 0 radical (unpaired) electrons. The van der Waals surface area contributed by atoms with Gasteiger partial charge in [-0.15, -0.1) is 0 Å². The van der Waals surface area contributed by atoms with Crippen LogP contribution in [0, 0.1) is 17.0 Å². The lowest BCUT2D eigenvalue weighted by molar-refractivity contribution is -0.385. The number of halogens is 4. The maximum Gasteiger partial charge on any atom is 0.417 e. The van der Waals surface area contributed by atoms with Crippen molar-refractivity contribution < 1.29 is 18.1 Å². The van der Waals surface area contributed by atoms with Gasteiger partial charge in [-0.05, 0) is 12.5 Å². The molecule has 16 heavy (non-hydrogen) atoms. The first kappa shape index (κ1) is 13.0. The molecular formula is C9H7BrF3NO2. The molecule has 0 unspecified atom stereocenters. The molecule has 0 amide bonds. The van der Waals surface area contributed by atoms with E-state index in [9.17, 15) is 23.3 Å². The Morgan fingerprint density at radius 2 is 2.00 bits per heavy atom. The minimum absolute atomic E-state index is 0.000672. The van der Waals surface area contributed by atoms with E-state index in [1.165, 1.54) is 0 Å². The number of nitro benzene ring substituents is 1. The second kappa shape index (κ2) is 4.40. The molecule has 1 aromatic carbocycles. The van der Waals surface area contributed by atoms with Crippen molar-refractivity contribution in [3.63, 3.8) is 0 Å². The van der Waals surface area contributed by atoms with Gasteiger partial charge in [0.2, 0.25) is 0 Å². The third-order valence-electron chi connectivity index (χ3n) is 2.15. The number of hydrogen-bond donors (Lipinski definition) is 0. The van der Waals surface area contributed by atoms with E-state index in [2.05, 4.69) is 15.9 Å². The highest BCUT2D eigenvalue weighted by molar-refractivity contribution is 9.08. The second-order valence-electron chi connectivity index (χ2n) is 3.13. The highest BCUT2D eigenvalue weighted by Gasteiger charge is 2.37. The summed E-state index contributed by atoms with van der Waals surface area (Å²) >= 11 is 2.93. The van der Waals surface area contributed by atoms with Crippen molar-refractivity contribution in [2.24, 2.45) is 0 Å². The molecule has 0 spiro atoms. The van der Waals surface area contributed by atoms with Crippen LogP contribution in [0.15, 0.2) is 12.1 Å². The first-order valence-corrected chi connectivity index (χ1v) is 5.31. The van der Waals surface area contributed by atoms with E-state index in [1.54, 1.807) is 0 Å². The SMILES string of the molecule is Cc1c([N+](=O)[O-])ccc(CBr)c1C(F)(F)F. The zero-order chi connectivity index (χ0) is 12.5. The third kappa shape index (κ3) is 2.34. The molecule has 88 valence electrons. The molecule has 0 aliphatic heterocycles. The molecule has 0 N–H and O–H groups in total. The van der Waals surface area contributed by atoms with Crippen molar-refractivity contribution in [1.29, 1.82) is 0 Å². The molecule has 0 heterocycles. The minimum Gasteiger partial charge on any atom is -0.258 e. The maximum absolute atomic E-state index is 12.7. The summed E-state index contributed by atoms with van der Waals surface area (Å²) in [5.41, 5.74) is -1.80. The van der Waals surface area contributed by atoms with Gasteiger partial charge in [-0.25, -0.2) is 0 Å². The topological polar surface area (TPSA) is 43.1 Å². The van der Waals surface area contributed by atoms with Crippen LogP contribution in [0.25, 0.3) is 0 Å². The molecule has 0 saturated carbocycles. The van der Waals surface area contributed by atoms with E-state index >= 15 is 0 Å². The number of nitro groups is 1. The van der Waals surface area contributed by atoms with E-state index in [-0.39, 0.29) is 16.5 Å². The van der Waals surface area contributed by atoms with Crippen LogP contribution in [0.4, 0.5) is 18.9 Å². The van der Waals surface area contributed by atoms with Crippen LogP contribution >= 0.6 is 15.9 Å². The predicted molar refractivity (Wildman–Crippen MR) is 55.5 cm³/mol. The standard InChI is InChI=1S/C9H7BrF3NO2/c1-5-7(14(15)16)3-2-6(4-10)8(5)9(11,12)13/h2-3H,4H2,1H3. The van der Waals surface area contributed by atoms with Gasteiger partial charge < -0.3 is 0 Å². The molecule has 1 aromatic rings. The van der Waals surface area contributed by atoms with Gasteiger partial charge in [-0.2, -0.15) is 13.2 Å². The highest BCUT2D eigenvalue weighted by Crippen LogP contribution is 2.38. The van der Waals surface area contributed by atoms with Gasteiger partial charge >= 0.3 is 6.18 Å². The van der Waals surface area contributed by atoms with Crippen molar-refractivity contribution in [2.45, 2.75) is 18.4 Å². The Bertz CT molecular complexity index is 431. The fourth-order valence-corrected chi connectivity index (χ4v) is 1.93. The van der Waals surface area contributed by atoms with Crippen LogP contribution in [0.5, 0.6) is 0 Å². The van der Waals surface area contributed by atoms with Crippen LogP contribution in [-0.2, 0) is 11.5 Å². The average molecular weight is 298 g/mol. The fourth-order valence-electron chi connectivity index (χ4n) is 1.46. The minimum atomic E-state index is -4.58. The van der Waals surface area contributed by atoms with Crippen LogP contribution < -0.4 is 0 Å². The zero-order valence-electron chi connectivity index (χ0n) is 8.14. The predicted octanol–water partition coefficient (Wildman–Crippen LogP) is 3.82. The van der Waals surface area contributed by atoms with E-state index in [0.717, 1.165) is 19.1 Å². The molecular weight excluding hydrogens is 291 g/mol. The number of rotatable bonds is 2. The zero-order valence-corrected chi connectivity index (χ0v) is 9.72. The van der Waals surface area contributed by atoms with E-state index < -0.39 is 22.4 Å². The van der Waals surface area contributed by atoms with Gasteiger partial charge in [-0.3, -0.25) is 10.1 Å². The molecule has 3 nitrogen and oxygen atoms in total. The van der Waals surface area contributed by atoms with Crippen molar-refractivity contribution in [3.8, 4) is 0 Å². The first-order valence-electron chi connectivity index (χ1n) is 4.19. The van der Waals surface area contributed by atoms with Crippen LogP contribution in [0.1, 0.15) is 16.7 Å². The number of alkyl halides is 4. The lowest BCUT2D eigenvalue weighted by Gasteiger charge is -2.14. The third-order valence-corrected chi connectivity index (χ3v) is 2.75. The largest absolute Gasteiger partial charge is 0.417 e. The Kier molecular flexibility index (Phi) is 3.57. The molecule has 0 fully saturated rings. The van der Waals surface area contributed by atoms with E-state index in [4.69, 9.17) is 0 Å². The molecule has 1 rings (SSSR count). The number of benzene rings is 1. The highest BCUT2D eigenvalue weighted by atomic mass is 79.9. The van der Waals surface area contributed by atoms with E-state index in [0.29, 0.717) is 0 Å². The molecule has 0 atom stereocenters. The van der Waals surface area contributed by atoms with Gasteiger partial charge in [0.15, 0.2) is 0 Å². The Balaban J connectivity index is 3.53. The monoisotopic (exact) mass is 297 g/mol. The van der Waals surface area contributed by atoms with Crippen molar-refractivity contribution in [2.75, 3.05) is 0 Å². The molecule has 0 aliphatic rings. The van der Waals surface area contributed by atoms with Crippen LogP contribution in [0.2, 0.25) is 0 Å². The van der Waals surface area contributed by atoms with Gasteiger partial charge in [0.25, 0.3) is 5.69 Å². The van der Waals surface area contributed by atoms with Gasteiger partial charge in [0.1, 0.15) is 0 Å². The lowest BCUT2D eigenvalue weighted by Crippen LogP contribution is -2.12. The van der Waals surface area contributed by atoms with Crippen molar-refractivity contribution >= 4 is 21.6 Å². The normalized spacial score (nSPS) is 11.6. The first-order chi connectivity index (χ1) is 7.29. The second-order valence-corrected chi connectivity index (χ2v) is 3.69. The summed E-state index contributed by atoms with van der Waals surface area (Å²) in [6.45, 7) is 1.10. The average Bonchev–Trinajstić information content (AvgIpc) is 2.14. The van der Waals surface area contributed by atoms with Gasteiger partial charge in [0, 0.05) is 17.0 Å². The maximum atomic E-state index is 12.7. The summed E-state index contributed by atoms with van der Waals surface area (Å²) < 4.78 is 38.1. The van der Waals surface area contributed by atoms with Crippen molar-refractivity contribution in [1.82, 2.24) is 0 Å².